The van der Waals surface area contributed by atoms with Crippen LogP contribution in [0.25, 0.3) is 0 Å². The Kier molecular flexibility index (Phi) is 5.63. The van der Waals surface area contributed by atoms with Gasteiger partial charge in [-0.15, -0.1) is 6.58 Å². The molecule has 0 aromatic heterocycles. The molecule has 2 N–H and O–H groups in total. The first-order valence-electron chi connectivity index (χ1n) is 12.7. The Bertz CT molecular complexity index is 702. The molecule has 8 atom stereocenters. The van der Waals surface area contributed by atoms with Crippen molar-refractivity contribution in [2.24, 2.45) is 40.4 Å². The maximum atomic E-state index is 10.8. The van der Waals surface area contributed by atoms with Gasteiger partial charge < -0.3 is 10.2 Å². The predicted octanol–water partition coefficient (Wildman–Crippen LogP) is 6.67. The summed E-state index contributed by atoms with van der Waals surface area (Å²) in [4.78, 5) is 0. The number of hydrogen-bond donors (Lipinski definition) is 2. The fourth-order valence-electron chi connectivity index (χ4n) is 8.60. The summed E-state index contributed by atoms with van der Waals surface area (Å²) in [7, 11) is 0. The summed E-state index contributed by atoms with van der Waals surface area (Å²) in [5.41, 5.74) is 1.05. The molecule has 170 valence electrons. The Labute approximate surface area is 185 Å². The molecule has 0 spiro atoms. The van der Waals surface area contributed by atoms with Crippen LogP contribution in [-0.2, 0) is 0 Å². The van der Waals surface area contributed by atoms with Crippen LogP contribution in [0.3, 0.4) is 0 Å². The van der Waals surface area contributed by atoms with Crippen molar-refractivity contribution in [1.82, 2.24) is 0 Å². The molecular weight excluding hydrogens is 368 g/mol. The molecule has 4 aliphatic carbocycles. The van der Waals surface area contributed by atoms with E-state index in [0.717, 1.165) is 55.8 Å². The van der Waals surface area contributed by atoms with Gasteiger partial charge in [0.25, 0.3) is 0 Å². The number of fused-ring (bicyclic) bond motifs is 5. The standard InChI is InChI=1S/C28H46O2/c1-7-28(30)17-16-26(5)20(18-28)8-9-21-23-11-10-22(19(2)12-14-25(3,4)29)27(23,6)15-13-24(21)26/h7-8,19,21-24,29-30H,1,9-18H2,2-6H3/t19?,21?,22-,23?,24?,26+,27-,28+/m1/s1. The van der Waals surface area contributed by atoms with Gasteiger partial charge in [0, 0.05) is 6.42 Å². The smallest absolute Gasteiger partial charge is 0.0862 e. The molecule has 4 rings (SSSR count). The molecule has 0 aromatic carbocycles. The first kappa shape index (κ1) is 22.6. The Morgan fingerprint density at radius 2 is 1.90 bits per heavy atom. The molecule has 0 aromatic rings. The summed E-state index contributed by atoms with van der Waals surface area (Å²) >= 11 is 0. The largest absolute Gasteiger partial charge is 0.390 e. The molecule has 0 bridgehead atoms. The molecule has 3 fully saturated rings. The lowest BCUT2D eigenvalue weighted by atomic mass is 9.46. The zero-order valence-corrected chi connectivity index (χ0v) is 20.2. The summed E-state index contributed by atoms with van der Waals surface area (Å²) in [6, 6.07) is 0. The molecule has 0 saturated heterocycles. The Morgan fingerprint density at radius 3 is 2.57 bits per heavy atom. The fraction of sp³-hybridized carbons (Fsp3) is 0.857. The Hall–Kier alpha value is -0.600. The third-order valence-electron chi connectivity index (χ3n) is 10.6. The molecule has 0 amide bonds. The molecule has 3 saturated carbocycles. The highest BCUT2D eigenvalue weighted by Gasteiger charge is 2.59. The van der Waals surface area contributed by atoms with Gasteiger partial charge in [-0.05, 0) is 112 Å². The van der Waals surface area contributed by atoms with Gasteiger partial charge in [-0.25, -0.2) is 0 Å². The molecule has 0 heterocycles. The van der Waals surface area contributed by atoms with Crippen molar-refractivity contribution in [3.05, 3.63) is 24.3 Å². The molecule has 2 heteroatoms. The third kappa shape index (κ3) is 3.64. The van der Waals surface area contributed by atoms with Crippen LogP contribution in [0.5, 0.6) is 0 Å². The van der Waals surface area contributed by atoms with E-state index in [0.29, 0.717) is 11.3 Å². The second-order valence-corrected chi connectivity index (χ2v) is 12.8. The summed E-state index contributed by atoms with van der Waals surface area (Å²) in [5.74, 6) is 3.96. The van der Waals surface area contributed by atoms with Crippen molar-refractivity contribution in [1.29, 1.82) is 0 Å². The van der Waals surface area contributed by atoms with E-state index in [2.05, 4.69) is 33.4 Å². The van der Waals surface area contributed by atoms with E-state index >= 15 is 0 Å². The third-order valence-corrected chi connectivity index (χ3v) is 10.6. The van der Waals surface area contributed by atoms with E-state index in [1.807, 2.05) is 13.8 Å². The lowest BCUT2D eigenvalue weighted by molar-refractivity contribution is -0.0663. The zero-order valence-electron chi connectivity index (χ0n) is 20.2. The molecule has 2 nitrogen and oxygen atoms in total. The summed E-state index contributed by atoms with van der Waals surface area (Å²) in [6.45, 7) is 15.4. The number of aliphatic hydroxyl groups is 2. The highest BCUT2D eigenvalue weighted by Crippen LogP contribution is 2.67. The molecule has 0 aliphatic heterocycles. The minimum Gasteiger partial charge on any atom is -0.390 e. The van der Waals surface area contributed by atoms with E-state index in [1.165, 1.54) is 37.7 Å². The van der Waals surface area contributed by atoms with Crippen LogP contribution >= 0.6 is 0 Å². The quantitative estimate of drug-likeness (QED) is 0.493. The molecule has 4 aliphatic rings. The van der Waals surface area contributed by atoms with Crippen LogP contribution in [0, 0.1) is 40.4 Å². The van der Waals surface area contributed by atoms with Gasteiger partial charge in [0.1, 0.15) is 0 Å². The highest BCUT2D eigenvalue weighted by molar-refractivity contribution is 5.28. The number of allylic oxidation sites excluding steroid dienone is 1. The molecular formula is C28H46O2. The van der Waals surface area contributed by atoms with Crippen LogP contribution < -0.4 is 0 Å². The van der Waals surface area contributed by atoms with E-state index in [-0.39, 0.29) is 5.41 Å². The van der Waals surface area contributed by atoms with E-state index < -0.39 is 11.2 Å². The zero-order chi connectivity index (χ0) is 21.9. The topological polar surface area (TPSA) is 40.5 Å². The van der Waals surface area contributed by atoms with Crippen LogP contribution in [-0.4, -0.2) is 21.4 Å². The Balaban J connectivity index is 1.53. The van der Waals surface area contributed by atoms with Crippen LogP contribution in [0.15, 0.2) is 24.3 Å². The van der Waals surface area contributed by atoms with Crippen LogP contribution in [0.4, 0.5) is 0 Å². The summed E-state index contributed by atoms with van der Waals surface area (Å²) < 4.78 is 0. The number of hydrogen-bond acceptors (Lipinski definition) is 2. The first-order valence-corrected chi connectivity index (χ1v) is 12.7. The van der Waals surface area contributed by atoms with Gasteiger partial charge in [0.05, 0.1) is 11.2 Å². The summed E-state index contributed by atoms with van der Waals surface area (Å²) in [5, 5.41) is 21.1. The molecule has 0 radical (unpaired) electrons. The second kappa shape index (κ2) is 7.48. The van der Waals surface area contributed by atoms with E-state index in [4.69, 9.17) is 0 Å². The summed E-state index contributed by atoms with van der Waals surface area (Å²) in [6.07, 6.45) is 15.9. The first-order chi connectivity index (χ1) is 13.9. The van der Waals surface area contributed by atoms with Crippen LogP contribution in [0.1, 0.15) is 98.8 Å². The SMILES string of the molecule is C=C[C@]1(O)CC[C@@]2(C)C(=CCC3C2CC[C@@]2(C)C3CC[C@@H]2C(C)CCC(C)(C)O)C1. The van der Waals surface area contributed by atoms with Crippen LogP contribution in [0.2, 0.25) is 0 Å². The monoisotopic (exact) mass is 414 g/mol. The van der Waals surface area contributed by atoms with Gasteiger partial charge in [-0.1, -0.05) is 38.5 Å². The van der Waals surface area contributed by atoms with Crippen molar-refractivity contribution in [2.75, 3.05) is 0 Å². The lowest BCUT2D eigenvalue weighted by Gasteiger charge is -2.59. The van der Waals surface area contributed by atoms with Gasteiger partial charge in [0.2, 0.25) is 0 Å². The minimum absolute atomic E-state index is 0.282. The van der Waals surface area contributed by atoms with Gasteiger partial charge in [-0.2, -0.15) is 0 Å². The van der Waals surface area contributed by atoms with Gasteiger partial charge in [-0.3, -0.25) is 0 Å². The van der Waals surface area contributed by atoms with E-state index in [9.17, 15) is 10.2 Å². The normalized spacial score (nSPS) is 47.0. The van der Waals surface area contributed by atoms with Crippen molar-refractivity contribution in [3.8, 4) is 0 Å². The maximum absolute atomic E-state index is 10.8. The average molecular weight is 415 g/mol. The van der Waals surface area contributed by atoms with Gasteiger partial charge in [0.15, 0.2) is 0 Å². The highest BCUT2D eigenvalue weighted by atomic mass is 16.3. The Morgan fingerprint density at radius 1 is 1.17 bits per heavy atom. The molecule has 4 unspecified atom stereocenters. The predicted molar refractivity (Wildman–Crippen MR) is 125 cm³/mol. The van der Waals surface area contributed by atoms with Crippen molar-refractivity contribution in [3.63, 3.8) is 0 Å². The maximum Gasteiger partial charge on any atom is 0.0862 e. The van der Waals surface area contributed by atoms with Gasteiger partial charge >= 0.3 is 0 Å². The number of rotatable bonds is 5. The average Bonchev–Trinajstić information content (AvgIpc) is 3.03. The van der Waals surface area contributed by atoms with E-state index in [1.54, 1.807) is 6.08 Å². The fourth-order valence-corrected chi connectivity index (χ4v) is 8.60. The lowest BCUT2D eigenvalue weighted by Crippen LogP contribution is -2.52. The second-order valence-electron chi connectivity index (χ2n) is 12.8. The molecule has 30 heavy (non-hydrogen) atoms. The van der Waals surface area contributed by atoms with Crippen molar-refractivity contribution < 1.29 is 10.2 Å². The minimum atomic E-state index is -0.685. The van der Waals surface area contributed by atoms with Crippen molar-refractivity contribution >= 4 is 0 Å². The van der Waals surface area contributed by atoms with Crippen molar-refractivity contribution in [2.45, 2.75) is 110 Å².